The van der Waals surface area contributed by atoms with Crippen molar-refractivity contribution >= 4 is 17.7 Å². The second kappa shape index (κ2) is 15.3. The first-order valence-electron chi connectivity index (χ1n) is 14.6. The summed E-state index contributed by atoms with van der Waals surface area (Å²) in [6.07, 6.45) is 2.79. The smallest absolute Gasteiger partial charge is 0.249 e. The van der Waals surface area contributed by atoms with E-state index in [1.165, 1.54) is 9.80 Å². The van der Waals surface area contributed by atoms with Crippen molar-refractivity contribution in [1.82, 2.24) is 20.4 Å². The van der Waals surface area contributed by atoms with E-state index in [0.717, 1.165) is 41.6 Å². The third-order valence-electron chi connectivity index (χ3n) is 7.98. The van der Waals surface area contributed by atoms with Gasteiger partial charge in [0.05, 0.1) is 6.61 Å². The van der Waals surface area contributed by atoms with Gasteiger partial charge in [-0.1, -0.05) is 84.9 Å². The van der Waals surface area contributed by atoms with E-state index in [1.807, 2.05) is 72.8 Å². The van der Waals surface area contributed by atoms with E-state index in [9.17, 15) is 14.4 Å². The van der Waals surface area contributed by atoms with Gasteiger partial charge >= 0.3 is 0 Å². The average molecular weight is 571 g/mol. The van der Waals surface area contributed by atoms with E-state index in [2.05, 4.69) is 22.8 Å². The van der Waals surface area contributed by atoms with E-state index in [4.69, 9.17) is 4.74 Å². The number of likely N-dealkylation sites (N-methyl/N-ethyl adjacent to an activating group) is 3. The van der Waals surface area contributed by atoms with Crippen LogP contribution >= 0.6 is 0 Å². The van der Waals surface area contributed by atoms with E-state index in [-0.39, 0.29) is 30.4 Å². The number of carbonyl (C=O) groups is 3. The molecular weight excluding hydrogens is 528 g/mol. The molecule has 0 aromatic heterocycles. The Bertz CT molecular complexity index is 1290. The molecule has 8 heteroatoms. The summed E-state index contributed by atoms with van der Waals surface area (Å²) >= 11 is 0. The van der Waals surface area contributed by atoms with Crippen LogP contribution in [-0.4, -0.2) is 86.5 Å². The lowest BCUT2D eigenvalue weighted by molar-refractivity contribution is -0.149. The molecular formula is C34H42N4O4. The van der Waals surface area contributed by atoms with Crippen molar-refractivity contribution in [3.63, 3.8) is 0 Å². The van der Waals surface area contributed by atoms with Gasteiger partial charge in [0, 0.05) is 40.0 Å². The van der Waals surface area contributed by atoms with Gasteiger partial charge in [0.15, 0.2) is 0 Å². The van der Waals surface area contributed by atoms with Gasteiger partial charge in [0.2, 0.25) is 17.7 Å². The summed E-state index contributed by atoms with van der Waals surface area (Å²) in [5.74, 6) is -0.845. The van der Waals surface area contributed by atoms with Crippen molar-refractivity contribution in [3.8, 4) is 11.1 Å². The van der Waals surface area contributed by atoms with Crippen LogP contribution in [0, 0.1) is 0 Å². The number of nitrogens with one attached hydrogen (secondary N) is 2. The molecule has 8 nitrogen and oxygen atoms in total. The number of nitrogens with zero attached hydrogens (tertiary/aromatic N) is 2. The molecule has 0 aliphatic carbocycles. The Morgan fingerprint density at radius 1 is 0.833 bits per heavy atom. The number of amides is 3. The van der Waals surface area contributed by atoms with E-state index >= 15 is 0 Å². The van der Waals surface area contributed by atoms with Gasteiger partial charge in [0.25, 0.3) is 0 Å². The number of rotatable bonds is 13. The third kappa shape index (κ3) is 8.27. The summed E-state index contributed by atoms with van der Waals surface area (Å²) in [4.78, 5) is 43.3. The SMILES string of the molecule is CNC(=O)C(Cc1ccccc1)N(C)C(=O)[C@@H](Cc1ccc(-c2ccccc2)cc1)N(C)C(=O)COC[C@@H]1CCCN1. The molecule has 1 heterocycles. The van der Waals surface area contributed by atoms with Crippen LogP contribution < -0.4 is 10.6 Å². The molecule has 1 aliphatic heterocycles. The Labute approximate surface area is 249 Å². The third-order valence-corrected chi connectivity index (χ3v) is 7.98. The molecule has 1 unspecified atom stereocenters. The monoisotopic (exact) mass is 570 g/mol. The van der Waals surface area contributed by atoms with Gasteiger partial charge in [-0.25, -0.2) is 0 Å². The molecule has 3 aromatic carbocycles. The molecule has 1 aliphatic rings. The second-order valence-electron chi connectivity index (χ2n) is 10.9. The lowest BCUT2D eigenvalue weighted by Gasteiger charge is -2.34. The van der Waals surface area contributed by atoms with Crippen molar-refractivity contribution in [2.45, 2.75) is 43.8 Å². The van der Waals surface area contributed by atoms with Crippen LogP contribution in [0.25, 0.3) is 11.1 Å². The van der Waals surface area contributed by atoms with Crippen LogP contribution in [0.5, 0.6) is 0 Å². The minimum Gasteiger partial charge on any atom is -0.370 e. The molecule has 1 saturated heterocycles. The second-order valence-corrected chi connectivity index (χ2v) is 10.9. The minimum atomic E-state index is -0.818. The maximum absolute atomic E-state index is 14.1. The van der Waals surface area contributed by atoms with Crippen molar-refractivity contribution in [2.24, 2.45) is 0 Å². The lowest BCUT2D eigenvalue weighted by atomic mass is 9.98. The zero-order valence-electron chi connectivity index (χ0n) is 24.8. The topological polar surface area (TPSA) is 91.0 Å². The van der Waals surface area contributed by atoms with Crippen LogP contribution in [0.1, 0.15) is 24.0 Å². The minimum absolute atomic E-state index is 0.113. The number of hydrogen-bond donors (Lipinski definition) is 2. The summed E-state index contributed by atoms with van der Waals surface area (Å²) < 4.78 is 5.75. The summed E-state index contributed by atoms with van der Waals surface area (Å²) in [7, 11) is 4.84. The molecule has 42 heavy (non-hydrogen) atoms. The standard InChI is InChI=1S/C34H42N4O4/c1-35-33(40)30(21-25-11-6-4-7-12-25)38(3)34(41)31(37(2)32(39)24-42-23-29-15-10-20-36-29)22-26-16-18-28(19-17-26)27-13-8-5-9-14-27/h4-9,11-14,16-19,29-31,36H,10,15,20-24H2,1-3H3,(H,35,40)/t29-,30?,31+/m0/s1. The summed E-state index contributed by atoms with van der Waals surface area (Å²) in [5.41, 5.74) is 4.03. The number of ether oxygens (including phenoxy) is 1. The largest absolute Gasteiger partial charge is 0.370 e. The van der Waals surface area contributed by atoms with Crippen molar-refractivity contribution in [1.29, 1.82) is 0 Å². The summed E-state index contributed by atoms with van der Waals surface area (Å²) in [6.45, 7) is 1.30. The molecule has 0 saturated carbocycles. The fourth-order valence-electron chi connectivity index (χ4n) is 5.34. The van der Waals surface area contributed by atoms with Gasteiger partial charge in [-0.15, -0.1) is 0 Å². The number of hydrogen-bond acceptors (Lipinski definition) is 5. The molecule has 3 aromatic rings. The Kier molecular flexibility index (Phi) is 11.3. The fourth-order valence-corrected chi connectivity index (χ4v) is 5.34. The van der Waals surface area contributed by atoms with Crippen molar-refractivity contribution < 1.29 is 19.1 Å². The maximum Gasteiger partial charge on any atom is 0.249 e. The first-order chi connectivity index (χ1) is 20.4. The van der Waals surface area contributed by atoms with Gasteiger partial charge in [0.1, 0.15) is 18.7 Å². The zero-order valence-corrected chi connectivity index (χ0v) is 24.8. The van der Waals surface area contributed by atoms with Gasteiger partial charge in [-0.05, 0) is 41.6 Å². The number of carbonyl (C=O) groups excluding carboxylic acids is 3. The Morgan fingerprint density at radius 2 is 1.43 bits per heavy atom. The highest BCUT2D eigenvalue weighted by atomic mass is 16.5. The summed E-state index contributed by atoms with van der Waals surface area (Å²) in [5, 5.41) is 6.06. The molecule has 0 spiro atoms. The van der Waals surface area contributed by atoms with Crippen molar-refractivity contribution in [2.75, 3.05) is 40.9 Å². The first-order valence-corrected chi connectivity index (χ1v) is 14.6. The molecule has 0 bridgehead atoms. The van der Waals surface area contributed by atoms with Crippen LogP contribution in [0.4, 0.5) is 0 Å². The van der Waals surface area contributed by atoms with Crippen LogP contribution in [0.3, 0.4) is 0 Å². The molecule has 3 atom stereocenters. The zero-order chi connectivity index (χ0) is 29.9. The van der Waals surface area contributed by atoms with Crippen LogP contribution in [-0.2, 0) is 32.0 Å². The van der Waals surface area contributed by atoms with Gasteiger partial charge in [-0.2, -0.15) is 0 Å². The molecule has 3 amide bonds. The maximum atomic E-state index is 14.1. The number of benzene rings is 3. The highest BCUT2D eigenvalue weighted by molar-refractivity contribution is 5.92. The highest BCUT2D eigenvalue weighted by Gasteiger charge is 2.35. The van der Waals surface area contributed by atoms with E-state index in [0.29, 0.717) is 19.4 Å². The fraction of sp³-hybridized carbons (Fsp3) is 0.382. The molecule has 4 rings (SSSR count). The molecule has 222 valence electrons. The Hall–Kier alpha value is -4.01. The predicted octanol–water partition coefficient (Wildman–Crippen LogP) is 3.31. The Morgan fingerprint density at radius 3 is 2.05 bits per heavy atom. The van der Waals surface area contributed by atoms with E-state index < -0.39 is 12.1 Å². The quantitative estimate of drug-likeness (QED) is 0.329. The van der Waals surface area contributed by atoms with E-state index in [1.54, 1.807) is 21.1 Å². The Balaban J connectivity index is 1.54. The van der Waals surface area contributed by atoms with Gasteiger partial charge in [-0.3, -0.25) is 14.4 Å². The van der Waals surface area contributed by atoms with Crippen LogP contribution in [0.2, 0.25) is 0 Å². The van der Waals surface area contributed by atoms with Gasteiger partial charge < -0.3 is 25.2 Å². The average Bonchev–Trinajstić information content (AvgIpc) is 3.56. The lowest BCUT2D eigenvalue weighted by Crippen LogP contribution is -2.56. The highest BCUT2D eigenvalue weighted by Crippen LogP contribution is 2.21. The summed E-state index contributed by atoms with van der Waals surface area (Å²) in [6, 6.07) is 26.4. The molecule has 1 fully saturated rings. The van der Waals surface area contributed by atoms with Crippen molar-refractivity contribution in [3.05, 3.63) is 96.1 Å². The first kappa shape index (κ1) is 30.9. The molecule has 2 N–H and O–H groups in total. The predicted molar refractivity (Wildman–Crippen MR) is 165 cm³/mol. The van der Waals surface area contributed by atoms with Crippen LogP contribution in [0.15, 0.2) is 84.9 Å². The normalized spacial score (nSPS) is 15.9. The molecule has 0 radical (unpaired) electrons.